The lowest BCUT2D eigenvalue weighted by molar-refractivity contribution is 0.327. The molecule has 0 atom stereocenters. The van der Waals surface area contributed by atoms with Gasteiger partial charge in [0.2, 0.25) is 5.88 Å². The third kappa shape index (κ3) is 3.54. The van der Waals surface area contributed by atoms with Crippen LogP contribution in [0.2, 0.25) is 0 Å². The molecular weight excluding hydrogens is 254 g/mol. The van der Waals surface area contributed by atoms with E-state index in [4.69, 9.17) is 15.2 Å². The number of pyridine rings is 1. The summed E-state index contributed by atoms with van der Waals surface area (Å²) in [5.74, 6) is 2.16. The molecule has 2 rings (SSSR count). The van der Waals surface area contributed by atoms with Gasteiger partial charge in [0.15, 0.2) is 0 Å². The highest BCUT2D eigenvalue weighted by Gasteiger charge is 2.04. The van der Waals surface area contributed by atoms with Crippen LogP contribution in [0.1, 0.15) is 12.5 Å². The normalized spacial score (nSPS) is 10.1. The highest BCUT2D eigenvalue weighted by Crippen LogP contribution is 2.22. The summed E-state index contributed by atoms with van der Waals surface area (Å²) in [5.41, 5.74) is 7.49. The zero-order valence-electron chi connectivity index (χ0n) is 11.7. The molecule has 106 valence electrons. The predicted molar refractivity (Wildman–Crippen MR) is 80.1 cm³/mol. The molecule has 0 saturated carbocycles. The fourth-order valence-corrected chi connectivity index (χ4v) is 1.86. The van der Waals surface area contributed by atoms with E-state index in [2.05, 4.69) is 10.3 Å². The number of aromatic nitrogens is 1. The van der Waals surface area contributed by atoms with E-state index < -0.39 is 0 Å². The van der Waals surface area contributed by atoms with Gasteiger partial charge in [0.25, 0.3) is 0 Å². The van der Waals surface area contributed by atoms with Crippen molar-refractivity contribution in [2.75, 3.05) is 24.8 Å². The molecular formula is C15H19N3O2. The number of hydrogen-bond donors (Lipinski definition) is 2. The average Bonchev–Trinajstić information content (AvgIpc) is 2.46. The maximum absolute atomic E-state index is 5.80. The first-order chi connectivity index (χ1) is 9.72. The number of anilines is 2. The Kier molecular flexibility index (Phi) is 4.65. The molecule has 0 aliphatic heterocycles. The van der Waals surface area contributed by atoms with Gasteiger partial charge in [-0.15, -0.1) is 0 Å². The van der Waals surface area contributed by atoms with Gasteiger partial charge in [-0.3, -0.25) is 0 Å². The number of nitrogen functional groups attached to an aromatic ring is 1. The predicted octanol–water partition coefficient (Wildman–Crippen LogP) is 2.68. The Morgan fingerprint density at radius 1 is 1.25 bits per heavy atom. The lowest BCUT2D eigenvalue weighted by Gasteiger charge is -2.11. The molecule has 0 fully saturated rings. The van der Waals surface area contributed by atoms with Crippen molar-refractivity contribution in [3.05, 3.63) is 42.0 Å². The van der Waals surface area contributed by atoms with Crippen molar-refractivity contribution in [1.82, 2.24) is 4.98 Å². The van der Waals surface area contributed by atoms with Gasteiger partial charge >= 0.3 is 0 Å². The Hall–Kier alpha value is -2.43. The van der Waals surface area contributed by atoms with Crippen LogP contribution in [0.25, 0.3) is 0 Å². The van der Waals surface area contributed by atoms with Gasteiger partial charge in [0.05, 0.1) is 13.7 Å². The molecule has 0 saturated heterocycles. The van der Waals surface area contributed by atoms with Crippen molar-refractivity contribution >= 4 is 11.5 Å². The van der Waals surface area contributed by atoms with Crippen LogP contribution in [0.5, 0.6) is 11.6 Å². The monoisotopic (exact) mass is 273 g/mol. The molecule has 5 heteroatoms. The maximum Gasteiger partial charge on any atom is 0.215 e. The first-order valence-corrected chi connectivity index (χ1v) is 6.49. The number of rotatable bonds is 6. The lowest BCUT2D eigenvalue weighted by Crippen LogP contribution is -2.05. The standard InChI is InChI=1S/C15H19N3O2/c1-3-20-15-6-4-5-14(18-15)17-10-11-9-12(16)7-8-13(11)19-2/h4-9H,3,10,16H2,1-2H3,(H,17,18). The van der Waals surface area contributed by atoms with Crippen LogP contribution in [0, 0.1) is 0 Å². The lowest BCUT2D eigenvalue weighted by atomic mass is 10.2. The Labute approximate surface area is 118 Å². The van der Waals surface area contributed by atoms with Crippen molar-refractivity contribution in [2.45, 2.75) is 13.5 Å². The summed E-state index contributed by atoms with van der Waals surface area (Å²) in [4.78, 5) is 4.35. The molecule has 0 bridgehead atoms. The van der Waals surface area contributed by atoms with Crippen LogP contribution in [0.15, 0.2) is 36.4 Å². The highest BCUT2D eigenvalue weighted by molar-refractivity contribution is 5.49. The fraction of sp³-hybridized carbons (Fsp3) is 0.267. The highest BCUT2D eigenvalue weighted by atomic mass is 16.5. The van der Waals surface area contributed by atoms with E-state index in [0.717, 1.165) is 17.1 Å². The molecule has 3 N–H and O–H groups in total. The molecule has 1 heterocycles. The van der Waals surface area contributed by atoms with Crippen molar-refractivity contribution in [3.63, 3.8) is 0 Å². The van der Waals surface area contributed by atoms with Crippen molar-refractivity contribution in [1.29, 1.82) is 0 Å². The Morgan fingerprint density at radius 3 is 2.85 bits per heavy atom. The second kappa shape index (κ2) is 6.65. The largest absolute Gasteiger partial charge is 0.496 e. The summed E-state index contributed by atoms with van der Waals surface area (Å²) in [5, 5.41) is 3.24. The summed E-state index contributed by atoms with van der Waals surface area (Å²) in [6, 6.07) is 11.2. The van der Waals surface area contributed by atoms with Crippen LogP contribution < -0.4 is 20.5 Å². The van der Waals surface area contributed by atoms with Gasteiger partial charge in [-0.2, -0.15) is 4.98 Å². The second-order valence-corrected chi connectivity index (χ2v) is 4.22. The molecule has 20 heavy (non-hydrogen) atoms. The summed E-state index contributed by atoms with van der Waals surface area (Å²) in [7, 11) is 1.64. The van der Waals surface area contributed by atoms with Crippen molar-refractivity contribution < 1.29 is 9.47 Å². The van der Waals surface area contributed by atoms with E-state index in [0.29, 0.717) is 24.7 Å². The number of hydrogen-bond acceptors (Lipinski definition) is 5. The van der Waals surface area contributed by atoms with Crippen LogP contribution >= 0.6 is 0 Å². The molecule has 5 nitrogen and oxygen atoms in total. The first-order valence-electron chi connectivity index (χ1n) is 6.49. The zero-order valence-corrected chi connectivity index (χ0v) is 11.7. The molecule has 0 unspecified atom stereocenters. The Morgan fingerprint density at radius 2 is 2.10 bits per heavy atom. The van der Waals surface area contributed by atoms with Gasteiger partial charge in [0.1, 0.15) is 11.6 Å². The van der Waals surface area contributed by atoms with E-state index in [-0.39, 0.29) is 0 Å². The molecule has 0 amide bonds. The minimum Gasteiger partial charge on any atom is -0.496 e. The van der Waals surface area contributed by atoms with E-state index in [1.54, 1.807) is 7.11 Å². The quantitative estimate of drug-likeness (QED) is 0.792. The van der Waals surface area contributed by atoms with Crippen molar-refractivity contribution in [3.8, 4) is 11.6 Å². The van der Waals surface area contributed by atoms with E-state index in [1.165, 1.54) is 0 Å². The smallest absolute Gasteiger partial charge is 0.215 e. The second-order valence-electron chi connectivity index (χ2n) is 4.22. The number of nitrogens with two attached hydrogens (primary N) is 1. The SMILES string of the molecule is CCOc1cccc(NCc2cc(N)ccc2OC)n1. The minimum atomic E-state index is 0.580. The topological polar surface area (TPSA) is 69.4 Å². The first kappa shape index (κ1) is 14.0. The van der Waals surface area contributed by atoms with E-state index in [9.17, 15) is 0 Å². The minimum absolute atomic E-state index is 0.580. The maximum atomic E-state index is 5.80. The molecule has 0 aliphatic carbocycles. The van der Waals surface area contributed by atoms with Gasteiger partial charge in [0, 0.05) is 23.9 Å². The summed E-state index contributed by atoms with van der Waals surface area (Å²) >= 11 is 0. The van der Waals surface area contributed by atoms with Crippen LogP contribution in [0.3, 0.4) is 0 Å². The molecule has 0 radical (unpaired) electrons. The molecule has 1 aromatic heterocycles. The zero-order chi connectivity index (χ0) is 14.4. The van der Waals surface area contributed by atoms with Crippen LogP contribution in [0.4, 0.5) is 11.5 Å². The summed E-state index contributed by atoms with van der Waals surface area (Å²) < 4.78 is 10.7. The van der Waals surface area contributed by atoms with Crippen molar-refractivity contribution in [2.24, 2.45) is 0 Å². The van der Waals surface area contributed by atoms with Gasteiger partial charge in [-0.25, -0.2) is 0 Å². The average molecular weight is 273 g/mol. The number of benzene rings is 1. The van der Waals surface area contributed by atoms with Gasteiger partial charge in [-0.05, 0) is 31.2 Å². The van der Waals surface area contributed by atoms with Crippen LogP contribution in [-0.4, -0.2) is 18.7 Å². The number of methoxy groups -OCH3 is 1. The molecule has 0 aliphatic rings. The molecule has 1 aromatic carbocycles. The third-order valence-electron chi connectivity index (χ3n) is 2.78. The fourth-order valence-electron chi connectivity index (χ4n) is 1.86. The summed E-state index contributed by atoms with van der Waals surface area (Å²) in [6.45, 7) is 3.11. The summed E-state index contributed by atoms with van der Waals surface area (Å²) in [6.07, 6.45) is 0. The van der Waals surface area contributed by atoms with Gasteiger partial charge < -0.3 is 20.5 Å². The molecule has 0 spiro atoms. The Bertz CT molecular complexity index is 573. The van der Waals surface area contributed by atoms with E-state index in [1.807, 2.05) is 43.3 Å². The van der Waals surface area contributed by atoms with Crippen LogP contribution in [-0.2, 0) is 6.54 Å². The third-order valence-corrected chi connectivity index (χ3v) is 2.78. The van der Waals surface area contributed by atoms with E-state index >= 15 is 0 Å². The van der Waals surface area contributed by atoms with Gasteiger partial charge in [-0.1, -0.05) is 6.07 Å². The number of nitrogens with one attached hydrogen (secondary N) is 1. The molecule has 2 aromatic rings. The number of nitrogens with zero attached hydrogens (tertiary/aromatic N) is 1. The number of ether oxygens (including phenoxy) is 2. The Balaban J connectivity index is 2.08.